The number of aliphatic carboxylic acids is 1. The predicted molar refractivity (Wildman–Crippen MR) is 66.8 cm³/mol. The Labute approximate surface area is 103 Å². The van der Waals surface area contributed by atoms with Crippen LogP contribution >= 0.6 is 15.9 Å². The van der Waals surface area contributed by atoms with E-state index in [0.29, 0.717) is 0 Å². The van der Waals surface area contributed by atoms with E-state index >= 15 is 0 Å². The lowest BCUT2D eigenvalue weighted by Crippen LogP contribution is -2.37. The number of halogens is 1. The van der Waals surface area contributed by atoms with Crippen LogP contribution in [0.5, 0.6) is 0 Å². The molecule has 1 N–H and O–H groups in total. The summed E-state index contributed by atoms with van der Waals surface area (Å²) < 4.78 is 1.07. The van der Waals surface area contributed by atoms with Gasteiger partial charge in [-0.15, -0.1) is 0 Å². The van der Waals surface area contributed by atoms with Crippen LogP contribution in [0.4, 0.5) is 5.69 Å². The van der Waals surface area contributed by atoms with Crippen molar-refractivity contribution in [2.24, 2.45) is 5.92 Å². The van der Waals surface area contributed by atoms with E-state index in [1.165, 1.54) is 5.56 Å². The second-order valence-corrected chi connectivity index (χ2v) is 5.10. The van der Waals surface area contributed by atoms with Gasteiger partial charge in [0.25, 0.3) is 0 Å². The molecular weight excluding hydrogens is 270 g/mol. The number of nitrogens with zero attached hydrogens (tertiary/aromatic N) is 1. The molecule has 1 aromatic rings. The molecule has 0 saturated carbocycles. The molecule has 0 fully saturated rings. The first-order valence-corrected chi connectivity index (χ1v) is 6.04. The van der Waals surface area contributed by atoms with Gasteiger partial charge in [-0.25, -0.2) is 0 Å². The van der Waals surface area contributed by atoms with Crippen LogP contribution in [0.3, 0.4) is 0 Å². The normalized spacial score (nSPS) is 20.7. The van der Waals surface area contributed by atoms with Gasteiger partial charge in [0.1, 0.15) is 0 Å². The minimum Gasteiger partial charge on any atom is -0.481 e. The molecule has 0 bridgehead atoms. The number of hydrogen-bond donors (Lipinski definition) is 1. The Kier molecular flexibility index (Phi) is 2.93. The number of likely N-dealkylation sites (N-methyl/N-ethyl adjacent to an activating group) is 1. The number of carboxylic acids is 1. The largest absolute Gasteiger partial charge is 0.481 e. The van der Waals surface area contributed by atoms with Gasteiger partial charge in [-0.2, -0.15) is 0 Å². The van der Waals surface area contributed by atoms with Crippen molar-refractivity contribution in [1.29, 1.82) is 0 Å². The second kappa shape index (κ2) is 4.09. The molecule has 2 rings (SSSR count). The van der Waals surface area contributed by atoms with Crippen LogP contribution in [0.25, 0.3) is 0 Å². The molecule has 1 heterocycles. The van der Waals surface area contributed by atoms with Gasteiger partial charge < -0.3 is 10.0 Å². The topological polar surface area (TPSA) is 40.5 Å². The third-order valence-electron chi connectivity index (χ3n) is 3.35. The van der Waals surface area contributed by atoms with E-state index in [-0.39, 0.29) is 12.0 Å². The first-order chi connectivity index (χ1) is 7.52. The maximum atomic E-state index is 11.0. The van der Waals surface area contributed by atoms with Gasteiger partial charge in [-0.3, -0.25) is 4.79 Å². The Morgan fingerprint density at radius 1 is 1.62 bits per heavy atom. The third kappa shape index (κ3) is 1.71. The SMILES string of the molecule is CC(C(=O)O)C1Cc2c(Br)cccc2N1C. The van der Waals surface area contributed by atoms with Crippen LogP contribution in [-0.2, 0) is 11.2 Å². The fourth-order valence-corrected chi connectivity index (χ4v) is 2.80. The summed E-state index contributed by atoms with van der Waals surface area (Å²) in [4.78, 5) is 13.1. The van der Waals surface area contributed by atoms with Gasteiger partial charge in [0.05, 0.1) is 5.92 Å². The van der Waals surface area contributed by atoms with Crippen molar-refractivity contribution < 1.29 is 9.90 Å². The number of hydrogen-bond acceptors (Lipinski definition) is 2. The summed E-state index contributed by atoms with van der Waals surface area (Å²) in [6.45, 7) is 1.77. The number of carboxylic acid groups (broad SMARTS) is 1. The highest BCUT2D eigenvalue weighted by Gasteiger charge is 2.34. The number of anilines is 1. The molecule has 3 nitrogen and oxygen atoms in total. The first-order valence-electron chi connectivity index (χ1n) is 5.25. The number of fused-ring (bicyclic) bond motifs is 1. The molecular formula is C12H14BrNO2. The van der Waals surface area contributed by atoms with Crippen LogP contribution in [0.1, 0.15) is 12.5 Å². The number of rotatable bonds is 2. The molecule has 1 aliphatic heterocycles. The molecule has 2 unspecified atom stereocenters. The van der Waals surface area contributed by atoms with Gasteiger partial charge in [-0.1, -0.05) is 22.0 Å². The highest BCUT2D eigenvalue weighted by Crippen LogP contribution is 2.38. The van der Waals surface area contributed by atoms with E-state index in [2.05, 4.69) is 20.8 Å². The predicted octanol–water partition coefficient (Wildman–Crippen LogP) is 2.53. The smallest absolute Gasteiger partial charge is 0.308 e. The van der Waals surface area contributed by atoms with Crippen LogP contribution < -0.4 is 4.90 Å². The Morgan fingerprint density at radius 2 is 2.31 bits per heavy atom. The van der Waals surface area contributed by atoms with Crippen LogP contribution in [0.15, 0.2) is 22.7 Å². The van der Waals surface area contributed by atoms with E-state index in [9.17, 15) is 4.79 Å². The molecule has 1 aliphatic rings. The van der Waals surface area contributed by atoms with Gasteiger partial charge >= 0.3 is 5.97 Å². The van der Waals surface area contributed by atoms with Crippen LogP contribution in [0.2, 0.25) is 0 Å². The summed E-state index contributed by atoms with van der Waals surface area (Å²) in [5.74, 6) is -1.09. The Bertz CT molecular complexity index is 433. The van der Waals surface area contributed by atoms with E-state index < -0.39 is 5.97 Å². The summed E-state index contributed by atoms with van der Waals surface area (Å²) in [6.07, 6.45) is 0.792. The quantitative estimate of drug-likeness (QED) is 0.907. The maximum Gasteiger partial charge on any atom is 0.308 e. The second-order valence-electron chi connectivity index (χ2n) is 4.25. The van der Waals surface area contributed by atoms with Crippen LogP contribution in [0, 0.1) is 5.92 Å². The average molecular weight is 284 g/mol. The van der Waals surface area contributed by atoms with Gasteiger partial charge in [0.15, 0.2) is 0 Å². The summed E-state index contributed by atoms with van der Waals surface area (Å²) in [6, 6.07) is 6.06. The lowest BCUT2D eigenvalue weighted by molar-refractivity contribution is -0.141. The van der Waals surface area contributed by atoms with Gasteiger partial charge in [0.2, 0.25) is 0 Å². The zero-order chi connectivity index (χ0) is 11.9. The monoisotopic (exact) mass is 283 g/mol. The Hall–Kier alpha value is -1.03. The molecule has 16 heavy (non-hydrogen) atoms. The third-order valence-corrected chi connectivity index (χ3v) is 4.09. The van der Waals surface area contributed by atoms with E-state index in [4.69, 9.17) is 5.11 Å². The molecule has 0 spiro atoms. The highest BCUT2D eigenvalue weighted by atomic mass is 79.9. The van der Waals surface area contributed by atoms with Crippen molar-refractivity contribution in [3.8, 4) is 0 Å². The zero-order valence-corrected chi connectivity index (χ0v) is 10.9. The minimum absolute atomic E-state index is 0.0474. The summed E-state index contributed by atoms with van der Waals surface area (Å²) in [7, 11) is 1.96. The zero-order valence-electron chi connectivity index (χ0n) is 9.27. The van der Waals surface area contributed by atoms with Gasteiger partial charge in [0, 0.05) is 23.2 Å². The highest BCUT2D eigenvalue weighted by molar-refractivity contribution is 9.10. The summed E-state index contributed by atoms with van der Waals surface area (Å²) in [5, 5.41) is 9.07. The van der Waals surface area contributed by atoms with E-state index in [1.54, 1.807) is 6.92 Å². The lowest BCUT2D eigenvalue weighted by Gasteiger charge is -2.25. The van der Waals surface area contributed by atoms with E-state index in [0.717, 1.165) is 16.6 Å². The molecule has 86 valence electrons. The summed E-state index contributed by atoms with van der Waals surface area (Å²) in [5.41, 5.74) is 2.34. The van der Waals surface area contributed by atoms with Crippen LogP contribution in [-0.4, -0.2) is 24.2 Å². The fourth-order valence-electron chi connectivity index (χ4n) is 2.28. The Balaban J connectivity index is 2.34. The van der Waals surface area contributed by atoms with Crippen molar-refractivity contribution >= 4 is 27.6 Å². The molecule has 0 aliphatic carbocycles. The maximum absolute atomic E-state index is 11.0. The number of benzene rings is 1. The Morgan fingerprint density at radius 3 is 2.88 bits per heavy atom. The lowest BCUT2D eigenvalue weighted by atomic mass is 9.98. The average Bonchev–Trinajstić information content (AvgIpc) is 2.57. The van der Waals surface area contributed by atoms with E-state index in [1.807, 2.05) is 25.2 Å². The van der Waals surface area contributed by atoms with Crippen molar-refractivity contribution in [1.82, 2.24) is 0 Å². The summed E-state index contributed by atoms with van der Waals surface area (Å²) >= 11 is 3.51. The molecule has 0 aromatic heterocycles. The molecule has 2 atom stereocenters. The standard InChI is InChI=1S/C12H14BrNO2/c1-7(12(15)16)11-6-8-9(13)4-3-5-10(8)14(11)2/h3-5,7,11H,6H2,1-2H3,(H,15,16). The molecule has 0 radical (unpaired) electrons. The fraction of sp³-hybridized carbons (Fsp3) is 0.417. The molecule has 0 amide bonds. The van der Waals surface area contributed by atoms with Crippen molar-refractivity contribution in [3.05, 3.63) is 28.2 Å². The van der Waals surface area contributed by atoms with Crippen molar-refractivity contribution in [2.45, 2.75) is 19.4 Å². The molecule has 0 saturated heterocycles. The molecule has 4 heteroatoms. The van der Waals surface area contributed by atoms with Crippen molar-refractivity contribution in [3.63, 3.8) is 0 Å². The number of carbonyl (C=O) groups is 1. The first kappa shape index (κ1) is 11.5. The minimum atomic E-state index is -0.735. The van der Waals surface area contributed by atoms with Gasteiger partial charge in [-0.05, 0) is 31.0 Å². The molecule has 1 aromatic carbocycles. The van der Waals surface area contributed by atoms with Crippen molar-refractivity contribution in [2.75, 3.05) is 11.9 Å².